The fraction of sp³-hybridized carbons (Fsp3) is 0. The van der Waals surface area contributed by atoms with E-state index in [4.69, 9.17) is 5.41 Å². The van der Waals surface area contributed by atoms with Crippen LogP contribution in [0.2, 0.25) is 0 Å². The van der Waals surface area contributed by atoms with Crippen LogP contribution in [0.3, 0.4) is 0 Å². The molecular weight excluding hydrogens is 148 g/mol. The zero-order valence-electron chi connectivity index (χ0n) is 5.57. The molecule has 0 bridgehead atoms. The van der Waals surface area contributed by atoms with Gasteiger partial charge < -0.3 is 0 Å². The van der Waals surface area contributed by atoms with Crippen molar-refractivity contribution in [1.29, 1.82) is 5.41 Å². The molecule has 0 radical (unpaired) electrons. The minimum atomic E-state index is -0.908. The zero-order valence-corrected chi connectivity index (χ0v) is 5.57. The normalized spacial score (nSPS) is 8.91. The lowest BCUT2D eigenvalue weighted by Crippen LogP contribution is -1.83. The Morgan fingerprint density at radius 1 is 1.27 bits per heavy atom. The molecule has 1 N–H and O–H groups in total. The first-order valence-corrected chi connectivity index (χ1v) is 2.94. The van der Waals surface area contributed by atoms with Crippen LogP contribution < -0.4 is 0 Å². The Morgan fingerprint density at radius 3 is 2.55 bits per heavy atom. The van der Waals surface area contributed by atoms with E-state index in [-0.39, 0.29) is 0 Å². The molecule has 0 saturated heterocycles. The van der Waals surface area contributed by atoms with Crippen molar-refractivity contribution in [1.82, 2.24) is 0 Å². The van der Waals surface area contributed by atoms with Gasteiger partial charge in [0.1, 0.15) is 0 Å². The molecule has 1 rings (SSSR count). The Morgan fingerprint density at radius 2 is 2.00 bits per heavy atom. The summed E-state index contributed by atoms with van der Waals surface area (Å²) in [4.78, 5) is 0. The highest BCUT2D eigenvalue weighted by molar-refractivity contribution is 5.75. The van der Waals surface area contributed by atoms with Crippen molar-refractivity contribution in [2.45, 2.75) is 0 Å². The van der Waals surface area contributed by atoms with Crippen LogP contribution in [0, 0.1) is 17.0 Å². The molecule has 0 saturated carbocycles. The molecule has 0 atom stereocenters. The highest BCUT2D eigenvalue weighted by Gasteiger charge is 1.99. The molecule has 11 heavy (non-hydrogen) atoms. The van der Waals surface area contributed by atoms with Gasteiger partial charge in [0.25, 0.3) is 0 Å². The maximum atomic E-state index is 12.4. The van der Waals surface area contributed by atoms with Crippen molar-refractivity contribution in [2.24, 2.45) is 0 Å². The number of hydrogen-bond acceptors (Lipinski definition) is 1. The van der Waals surface area contributed by atoms with Crippen molar-refractivity contribution in [2.75, 3.05) is 0 Å². The van der Waals surface area contributed by atoms with Gasteiger partial charge in [0.2, 0.25) is 0 Å². The Bertz CT molecular complexity index is 314. The van der Waals surface area contributed by atoms with E-state index in [1.807, 2.05) is 5.87 Å². The predicted molar refractivity (Wildman–Crippen MR) is 38.5 cm³/mol. The van der Waals surface area contributed by atoms with Crippen molar-refractivity contribution in [3.63, 3.8) is 0 Å². The first-order chi connectivity index (χ1) is 5.24. The fourth-order valence-corrected chi connectivity index (χ4v) is 0.685. The van der Waals surface area contributed by atoms with Crippen LogP contribution in [0.15, 0.2) is 18.2 Å². The zero-order chi connectivity index (χ0) is 8.27. The van der Waals surface area contributed by atoms with Crippen LogP contribution >= 0.6 is 0 Å². The Labute approximate surface area is 62.5 Å². The van der Waals surface area contributed by atoms with E-state index in [1.54, 1.807) is 0 Å². The van der Waals surface area contributed by atoms with Crippen molar-refractivity contribution in [3.8, 4) is 0 Å². The predicted octanol–water partition coefficient (Wildman–Crippen LogP) is 2.23. The number of benzene rings is 1. The number of rotatable bonds is 1. The molecule has 1 aromatic rings. The van der Waals surface area contributed by atoms with Gasteiger partial charge in [0.05, 0.1) is 0 Å². The molecule has 0 aliphatic carbocycles. The van der Waals surface area contributed by atoms with Crippen LogP contribution in [0.25, 0.3) is 6.08 Å². The highest BCUT2D eigenvalue weighted by Crippen LogP contribution is 2.08. The molecule has 0 amide bonds. The summed E-state index contributed by atoms with van der Waals surface area (Å²) in [6.07, 6.45) is 1.25. The third-order valence-corrected chi connectivity index (χ3v) is 1.18. The quantitative estimate of drug-likeness (QED) is 0.598. The molecule has 0 unspecified atom stereocenters. The lowest BCUT2D eigenvalue weighted by Gasteiger charge is -1.92. The molecule has 0 spiro atoms. The van der Waals surface area contributed by atoms with Gasteiger partial charge in [-0.2, -0.15) is 0 Å². The second-order valence-corrected chi connectivity index (χ2v) is 1.96. The lowest BCUT2D eigenvalue weighted by atomic mass is 10.2. The molecule has 0 heterocycles. The molecule has 0 aliphatic heterocycles. The molecule has 1 nitrogen and oxygen atoms in total. The van der Waals surface area contributed by atoms with Crippen LogP contribution in [0.5, 0.6) is 0 Å². The first-order valence-electron chi connectivity index (χ1n) is 2.94. The van der Waals surface area contributed by atoms with Crippen molar-refractivity contribution >= 4 is 11.9 Å². The Balaban J connectivity index is 3.14. The maximum absolute atomic E-state index is 12.4. The number of halogens is 2. The van der Waals surface area contributed by atoms with E-state index in [0.29, 0.717) is 5.56 Å². The SMILES string of the molecule is N=C=Cc1ccc(F)c(F)c1. The van der Waals surface area contributed by atoms with Crippen LogP contribution in [0.1, 0.15) is 5.56 Å². The summed E-state index contributed by atoms with van der Waals surface area (Å²) >= 11 is 0. The third-order valence-electron chi connectivity index (χ3n) is 1.18. The average Bonchev–Trinajstić information content (AvgIpc) is 1.98. The van der Waals surface area contributed by atoms with Crippen molar-refractivity contribution in [3.05, 3.63) is 35.4 Å². The molecular formula is C8H5F2N. The molecule has 3 heteroatoms. The monoisotopic (exact) mass is 153 g/mol. The highest BCUT2D eigenvalue weighted by atomic mass is 19.2. The van der Waals surface area contributed by atoms with Gasteiger partial charge in [-0.1, -0.05) is 6.07 Å². The van der Waals surface area contributed by atoms with Gasteiger partial charge in [0.15, 0.2) is 11.6 Å². The van der Waals surface area contributed by atoms with Crippen LogP contribution in [0.4, 0.5) is 8.78 Å². The number of nitrogens with one attached hydrogen (secondary N) is 1. The second-order valence-electron chi connectivity index (χ2n) is 1.96. The molecule has 0 aromatic heterocycles. The van der Waals surface area contributed by atoms with E-state index in [0.717, 1.165) is 12.1 Å². The van der Waals surface area contributed by atoms with Gasteiger partial charge in [-0.3, -0.25) is 5.41 Å². The summed E-state index contributed by atoms with van der Waals surface area (Å²) in [6, 6.07) is 3.40. The molecule has 0 aliphatic rings. The van der Waals surface area contributed by atoms with Crippen LogP contribution in [-0.4, -0.2) is 5.87 Å². The standard InChI is InChI=1S/C8H5F2N/c9-7-2-1-6(3-4-11)5-8(7)10/h1-3,5,11H. The van der Waals surface area contributed by atoms with Gasteiger partial charge in [-0.15, -0.1) is 0 Å². The summed E-state index contributed by atoms with van der Waals surface area (Å²) in [6.45, 7) is 0. The topological polar surface area (TPSA) is 23.9 Å². The lowest BCUT2D eigenvalue weighted by molar-refractivity contribution is 0.508. The second kappa shape index (κ2) is 3.08. The summed E-state index contributed by atoms with van der Waals surface area (Å²) < 4.78 is 24.7. The van der Waals surface area contributed by atoms with E-state index in [9.17, 15) is 8.78 Å². The van der Waals surface area contributed by atoms with E-state index < -0.39 is 11.6 Å². The van der Waals surface area contributed by atoms with Gasteiger partial charge in [-0.25, -0.2) is 8.78 Å². The number of hydrogen-bond donors (Lipinski definition) is 1. The Kier molecular flexibility index (Phi) is 2.14. The van der Waals surface area contributed by atoms with Crippen LogP contribution in [-0.2, 0) is 0 Å². The smallest absolute Gasteiger partial charge is 0.159 e. The maximum Gasteiger partial charge on any atom is 0.159 e. The largest absolute Gasteiger partial charge is 0.259 e. The van der Waals surface area contributed by atoms with Gasteiger partial charge >= 0.3 is 0 Å². The summed E-state index contributed by atoms with van der Waals surface area (Å²) in [7, 11) is 0. The van der Waals surface area contributed by atoms with E-state index in [1.165, 1.54) is 12.1 Å². The average molecular weight is 153 g/mol. The van der Waals surface area contributed by atoms with Crippen molar-refractivity contribution < 1.29 is 8.78 Å². The van der Waals surface area contributed by atoms with E-state index in [2.05, 4.69) is 0 Å². The molecule has 1 aromatic carbocycles. The minimum absolute atomic E-state index is 0.430. The summed E-state index contributed by atoms with van der Waals surface area (Å²) in [5.41, 5.74) is 0.430. The summed E-state index contributed by atoms with van der Waals surface area (Å²) in [5.74, 6) is 0.176. The van der Waals surface area contributed by atoms with Gasteiger partial charge in [0, 0.05) is 6.08 Å². The van der Waals surface area contributed by atoms with Gasteiger partial charge in [-0.05, 0) is 23.6 Å². The third kappa shape index (κ3) is 1.72. The van der Waals surface area contributed by atoms with E-state index >= 15 is 0 Å². The Hall–Kier alpha value is -1.47. The summed E-state index contributed by atoms with van der Waals surface area (Å²) in [5, 5.41) is 6.54. The molecule has 0 fully saturated rings. The minimum Gasteiger partial charge on any atom is -0.259 e. The molecule has 56 valence electrons. The fourth-order valence-electron chi connectivity index (χ4n) is 0.685. The first kappa shape index (κ1) is 7.63.